The Balaban J connectivity index is 1.96. The molecule has 106 valence electrons. The first kappa shape index (κ1) is 13.5. The van der Waals surface area contributed by atoms with E-state index in [1.165, 1.54) is 0 Å². The van der Waals surface area contributed by atoms with Gasteiger partial charge in [-0.3, -0.25) is 9.59 Å². The molecule has 1 heterocycles. The van der Waals surface area contributed by atoms with Crippen molar-refractivity contribution in [1.82, 2.24) is 0 Å². The van der Waals surface area contributed by atoms with Crippen LogP contribution in [0, 0.1) is 6.92 Å². The van der Waals surface area contributed by atoms with E-state index in [0.717, 1.165) is 5.56 Å². The van der Waals surface area contributed by atoms with E-state index < -0.39 is 11.5 Å². The minimum absolute atomic E-state index is 0.248. The van der Waals surface area contributed by atoms with Crippen molar-refractivity contribution in [3.8, 4) is 0 Å². The Bertz CT molecular complexity index is 738. The van der Waals surface area contributed by atoms with E-state index in [4.69, 9.17) is 0 Å². The van der Waals surface area contributed by atoms with Gasteiger partial charge in [0.15, 0.2) is 11.4 Å². The number of para-hydroxylation sites is 1. The molecule has 0 aromatic heterocycles. The number of hydrogen-bond donors (Lipinski definition) is 2. The molecule has 4 heteroatoms. The lowest BCUT2D eigenvalue weighted by atomic mass is 9.87. The first-order valence-electron chi connectivity index (χ1n) is 6.74. The standard InChI is InChI=1S/C17H15NO3/c1-11-6-2-3-7-12(11)15(19)10-17(21)13-8-4-5-9-14(13)18-16(17)20/h2-9,21H,10H2,1H3,(H,18,20)/t17-/m0/s1. The molecule has 1 atom stereocenters. The predicted molar refractivity (Wildman–Crippen MR) is 79.1 cm³/mol. The molecule has 0 radical (unpaired) electrons. The van der Waals surface area contributed by atoms with E-state index >= 15 is 0 Å². The van der Waals surface area contributed by atoms with Crippen LogP contribution in [0.15, 0.2) is 48.5 Å². The lowest BCUT2D eigenvalue weighted by Gasteiger charge is -2.20. The summed E-state index contributed by atoms with van der Waals surface area (Å²) in [5, 5.41) is 13.3. The number of benzene rings is 2. The fourth-order valence-corrected chi connectivity index (χ4v) is 2.69. The third-order valence-electron chi connectivity index (χ3n) is 3.86. The van der Waals surface area contributed by atoms with Gasteiger partial charge in [0.2, 0.25) is 0 Å². The molecule has 0 fully saturated rings. The molecule has 1 amide bonds. The molecule has 0 bridgehead atoms. The Morgan fingerprint density at radius 3 is 2.57 bits per heavy atom. The molecule has 0 saturated heterocycles. The fraction of sp³-hybridized carbons (Fsp3) is 0.176. The smallest absolute Gasteiger partial charge is 0.261 e. The van der Waals surface area contributed by atoms with Crippen LogP contribution in [0.5, 0.6) is 0 Å². The number of carbonyl (C=O) groups excluding carboxylic acids is 2. The Labute approximate surface area is 122 Å². The van der Waals surface area contributed by atoms with Gasteiger partial charge in [0.05, 0.1) is 6.42 Å². The third-order valence-corrected chi connectivity index (χ3v) is 3.86. The molecular formula is C17H15NO3. The van der Waals surface area contributed by atoms with Crippen molar-refractivity contribution >= 4 is 17.4 Å². The second-order valence-corrected chi connectivity index (χ2v) is 5.27. The first-order valence-corrected chi connectivity index (χ1v) is 6.74. The van der Waals surface area contributed by atoms with Gasteiger partial charge in [-0.25, -0.2) is 0 Å². The van der Waals surface area contributed by atoms with Crippen LogP contribution in [-0.4, -0.2) is 16.8 Å². The summed E-state index contributed by atoms with van der Waals surface area (Å²) in [5.41, 5.74) is 0.580. The number of amides is 1. The highest BCUT2D eigenvalue weighted by atomic mass is 16.3. The molecular weight excluding hydrogens is 266 g/mol. The molecule has 0 aliphatic carbocycles. The van der Waals surface area contributed by atoms with Crippen molar-refractivity contribution in [2.24, 2.45) is 0 Å². The van der Waals surface area contributed by atoms with E-state index in [0.29, 0.717) is 16.8 Å². The molecule has 2 aromatic rings. The van der Waals surface area contributed by atoms with Gasteiger partial charge in [0.1, 0.15) is 0 Å². The SMILES string of the molecule is Cc1ccccc1C(=O)C[C@@]1(O)C(=O)Nc2ccccc21. The number of aliphatic hydroxyl groups is 1. The largest absolute Gasteiger partial charge is 0.375 e. The number of ketones is 1. The van der Waals surface area contributed by atoms with E-state index in [9.17, 15) is 14.7 Å². The summed E-state index contributed by atoms with van der Waals surface area (Å²) in [6.07, 6.45) is -0.263. The zero-order valence-electron chi connectivity index (χ0n) is 11.6. The van der Waals surface area contributed by atoms with Gasteiger partial charge >= 0.3 is 0 Å². The van der Waals surface area contributed by atoms with Gasteiger partial charge in [0.25, 0.3) is 5.91 Å². The lowest BCUT2D eigenvalue weighted by molar-refractivity contribution is -0.133. The van der Waals surface area contributed by atoms with Crippen molar-refractivity contribution in [2.45, 2.75) is 18.9 Å². The summed E-state index contributed by atoms with van der Waals surface area (Å²) in [4.78, 5) is 24.5. The van der Waals surface area contributed by atoms with E-state index in [1.54, 1.807) is 36.4 Å². The van der Waals surface area contributed by atoms with E-state index in [-0.39, 0.29) is 12.2 Å². The number of nitrogens with one attached hydrogen (secondary N) is 1. The number of hydrogen-bond acceptors (Lipinski definition) is 3. The van der Waals surface area contributed by atoms with Crippen molar-refractivity contribution in [1.29, 1.82) is 0 Å². The number of fused-ring (bicyclic) bond motifs is 1. The van der Waals surface area contributed by atoms with Crippen LogP contribution in [0.1, 0.15) is 27.9 Å². The summed E-state index contributed by atoms with van der Waals surface area (Å²) in [5.74, 6) is -0.798. The van der Waals surface area contributed by atoms with Gasteiger partial charge in [0, 0.05) is 16.8 Å². The number of aryl methyl sites for hydroxylation is 1. The molecule has 0 spiro atoms. The third kappa shape index (κ3) is 2.14. The second kappa shape index (κ2) is 4.82. The zero-order chi connectivity index (χ0) is 15.0. The average Bonchev–Trinajstić information content (AvgIpc) is 2.71. The molecule has 3 rings (SSSR count). The molecule has 1 aliphatic heterocycles. The van der Waals surface area contributed by atoms with Crippen LogP contribution in [0.2, 0.25) is 0 Å². The van der Waals surface area contributed by atoms with Crippen LogP contribution in [-0.2, 0) is 10.4 Å². The first-order chi connectivity index (χ1) is 10.0. The van der Waals surface area contributed by atoms with Crippen LogP contribution >= 0.6 is 0 Å². The number of carbonyl (C=O) groups is 2. The monoisotopic (exact) mass is 281 g/mol. The minimum atomic E-state index is -1.80. The Hall–Kier alpha value is -2.46. The highest BCUT2D eigenvalue weighted by Crippen LogP contribution is 2.38. The van der Waals surface area contributed by atoms with Crippen LogP contribution in [0.3, 0.4) is 0 Å². The topological polar surface area (TPSA) is 66.4 Å². The maximum absolute atomic E-state index is 12.4. The summed E-state index contributed by atoms with van der Waals surface area (Å²) in [7, 11) is 0. The van der Waals surface area contributed by atoms with Crippen molar-refractivity contribution in [3.05, 3.63) is 65.2 Å². The molecule has 4 nitrogen and oxygen atoms in total. The van der Waals surface area contributed by atoms with Crippen molar-refractivity contribution < 1.29 is 14.7 Å². The normalized spacial score (nSPS) is 20.0. The Kier molecular flexibility index (Phi) is 3.11. The van der Waals surface area contributed by atoms with Crippen LogP contribution in [0.4, 0.5) is 5.69 Å². The van der Waals surface area contributed by atoms with E-state index in [1.807, 2.05) is 19.1 Å². The highest BCUT2D eigenvalue weighted by Gasteiger charge is 2.46. The highest BCUT2D eigenvalue weighted by molar-refractivity contribution is 6.09. The quantitative estimate of drug-likeness (QED) is 0.849. The summed E-state index contributed by atoms with van der Waals surface area (Å²) >= 11 is 0. The molecule has 2 aromatic carbocycles. The van der Waals surface area contributed by atoms with Gasteiger partial charge in [-0.15, -0.1) is 0 Å². The molecule has 2 N–H and O–H groups in total. The maximum atomic E-state index is 12.4. The maximum Gasteiger partial charge on any atom is 0.261 e. The second-order valence-electron chi connectivity index (χ2n) is 5.27. The minimum Gasteiger partial charge on any atom is -0.375 e. The summed E-state index contributed by atoms with van der Waals surface area (Å²) in [6, 6.07) is 14.0. The van der Waals surface area contributed by atoms with Gasteiger partial charge < -0.3 is 10.4 Å². The van der Waals surface area contributed by atoms with Crippen LogP contribution < -0.4 is 5.32 Å². The summed E-state index contributed by atoms with van der Waals surface area (Å²) in [6.45, 7) is 1.83. The molecule has 0 saturated carbocycles. The molecule has 0 unspecified atom stereocenters. The molecule has 21 heavy (non-hydrogen) atoms. The lowest BCUT2D eigenvalue weighted by Crippen LogP contribution is -2.36. The number of anilines is 1. The van der Waals surface area contributed by atoms with Gasteiger partial charge in [-0.1, -0.05) is 42.5 Å². The number of Topliss-reactive ketones (excluding diaryl/α,β-unsaturated/α-hetero) is 1. The van der Waals surface area contributed by atoms with Crippen molar-refractivity contribution in [3.63, 3.8) is 0 Å². The van der Waals surface area contributed by atoms with Crippen LogP contribution in [0.25, 0.3) is 0 Å². The Morgan fingerprint density at radius 1 is 1.14 bits per heavy atom. The van der Waals surface area contributed by atoms with Crippen molar-refractivity contribution in [2.75, 3.05) is 5.32 Å². The van der Waals surface area contributed by atoms with E-state index in [2.05, 4.69) is 5.32 Å². The predicted octanol–water partition coefficient (Wildman–Crippen LogP) is 2.41. The van der Waals surface area contributed by atoms with Gasteiger partial charge in [-0.05, 0) is 18.6 Å². The number of rotatable bonds is 3. The Morgan fingerprint density at radius 2 is 1.81 bits per heavy atom. The zero-order valence-corrected chi connectivity index (χ0v) is 11.6. The van der Waals surface area contributed by atoms with Gasteiger partial charge in [-0.2, -0.15) is 0 Å². The fourth-order valence-electron chi connectivity index (χ4n) is 2.69. The molecule has 1 aliphatic rings. The summed E-state index contributed by atoms with van der Waals surface area (Å²) < 4.78 is 0. The average molecular weight is 281 g/mol.